The van der Waals surface area contributed by atoms with Crippen molar-refractivity contribution in [2.45, 2.75) is 16.8 Å². The molecule has 23 heavy (non-hydrogen) atoms. The Morgan fingerprint density at radius 1 is 0.913 bits per heavy atom. The normalized spacial score (nSPS) is 11.0. The Kier molecular flexibility index (Phi) is 3.60. The van der Waals surface area contributed by atoms with Gasteiger partial charge in [0.1, 0.15) is 17.1 Å². The molecule has 0 aliphatic carbocycles. The van der Waals surface area contributed by atoms with E-state index in [1.54, 1.807) is 18.1 Å². The number of fused-ring (bicyclic) bond motifs is 1. The summed E-state index contributed by atoms with van der Waals surface area (Å²) in [4.78, 5) is 9.89. The van der Waals surface area contributed by atoms with Gasteiger partial charge in [-0.25, -0.2) is 9.97 Å². The second kappa shape index (κ2) is 5.89. The molecule has 0 N–H and O–H groups in total. The standard InChI is InChI=1S/C19H14N2OS/c1-13-7-5-6-10-17(13)23-19-15-11-16(14-8-3-2-4-9-14)22-18(15)20-12-21-19/h2-12H,1H3. The van der Waals surface area contributed by atoms with E-state index in [9.17, 15) is 0 Å². The van der Waals surface area contributed by atoms with Crippen LogP contribution in [0.15, 0.2) is 81.3 Å². The van der Waals surface area contributed by atoms with Crippen molar-refractivity contribution in [1.82, 2.24) is 9.97 Å². The van der Waals surface area contributed by atoms with Crippen LogP contribution in [0.25, 0.3) is 22.4 Å². The quantitative estimate of drug-likeness (QED) is 0.477. The molecule has 0 saturated heterocycles. The summed E-state index contributed by atoms with van der Waals surface area (Å²) in [5.74, 6) is 0.813. The van der Waals surface area contributed by atoms with E-state index in [0.717, 1.165) is 21.7 Å². The van der Waals surface area contributed by atoms with Crippen LogP contribution in [0.1, 0.15) is 5.56 Å². The molecule has 0 spiro atoms. The first-order valence-electron chi connectivity index (χ1n) is 7.35. The molecule has 0 saturated carbocycles. The molecular weight excluding hydrogens is 304 g/mol. The van der Waals surface area contributed by atoms with Crippen LogP contribution >= 0.6 is 11.8 Å². The summed E-state index contributed by atoms with van der Waals surface area (Å²) in [7, 11) is 0. The summed E-state index contributed by atoms with van der Waals surface area (Å²) in [5.41, 5.74) is 2.89. The van der Waals surface area contributed by atoms with Crippen molar-refractivity contribution in [3.05, 3.63) is 72.6 Å². The summed E-state index contributed by atoms with van der Waals surface area (Å²) in [6, 6.07) is 20.3. The molecule has 0 fully saturated rings. The average molecular weight is 318 g/mol. The first-order valence-corrected chi connectivity index (χ1v) is 8.16. The van der Waals surface area contributed by atoms with Gasteiger partial charge in [-0.2, -0.15) is 0 Å². The topological polar surface area (TPSA) is 38.9 Å². The maximum atomic E-state index is 5.90. The Morgan fingerprint density at radius 2 is 1.70 bits per heavy atom. The molecule has 4 aromatic rings. The molecule has 0 amide bonds. The SMILES string of the molecule is Cc1ccccc1Sc1ncnc2oc(-c3ccccc3)cc12. The molecule has 4 rings (SSSR count). The summed E-state index contributed by atoms with van der Waals surface area (Å²) in [6.45, 7) is 2.10. The summed E-state index contributed by atoms with van der Waals surface area (Å²) in [6.07, 6.45) is 1.56. The number of rotatable bonds is 3. The van der Waals surface area contributed by atoms with Crippen molar-refractivity contribution >= 4 is 22.9 Å². The minimum absolute atomic E-state index is 0.620. The van der Waals surface area contributed by atoms with Crippen molar-refractivity contribution in [2.75, 3.05) is 0 Å². The van der Waals surface area contributed by atoms with Crippen LogP contribution in [0, 0.1) is 6.92 Å². The van der Waals surface area contributed by atoms with Crippen LogP contribution < -0.4 is 0 Å². The molecular formula is C19H14N2OS. The molecule has 0 radical (unpaired) electrons. The van der Waals surface area contributed by atoms with Gasteiger partial charge in [0.2, 0.25) is 5.71 Å². The number of aromatic nitrogens is 2. The van der Waals surface area contributed by atoms with Crippen LogP contribution in [0.4, 0.5) is 0 Å². The second-order valence-electron chi connectivity index (χ2n) is 5.24. The lowest BCUT2D eigenvalue weighted by Gasteiger charge is -2.04. The highest BCUT2D eigenvalue weighted by Crippen LogP contribution is 2.36. The van der Waals surface area contributed by atoms with Gasteiger partial charge in [0.15, 0.2) is 0 Å². The predicted octanol–water partition coefficient (Wildman–Crippen LogP) is 5.35. The zero-order chi connectivity index (χ0) is 15.6. The monoisotopic (exact) mass is 318 g/mol. The lowest BCUT2D eigenvalue weighted by atomic mass is 10.2. The Balaban J connectivity index is 1.79. The summed E-state index contributed by atoms with van der Waals surface area (Å²) in [5, 5.41) is 1.86. The zero-order valence-electron chi connectivity index (χ0n) is 12.6. The molecule has 112 valence electrons. The highest BCUT2D eigenvalue weighted by molar-refractivity contribution is 7.99. The fourth-order valence-electron chi connectivity index (χ4n) is 2.43. The third kappa shape index (κ3) is 2.73. The van der Waals surface area contributed by atoms with Gasteiger partial charge < -0.3 is 4.42 Å². The number of furan rings is 1. The lowest BCUT2D eigenvalue weighted by Crippen LogP contribution is -1.85. The van der Waals surface area contributed by atoms with Crippen LogP contribution in [0.5, 0.6) is 0 Å². The van der Waals surface area contributed by atoms with Gasteiger partial charge >= 0.3 is 0 Å². The summed E-state index contributed by atoms with van der Waals surface area (Å²) >= 11 is 1.64. The predicted molar refractivity (Wildman–Crippen MR) is 92.5 cm³/mol. The van der Waals surface area contributed by atoms with Crippen molar-refractivity contribution in [1.29, 1.82) is 0 Å². The van der Waals surface area contributed by atoms with Crippen LogP contribution in [-0.4, -0.2) is 9.97 Å². The average Bonchev–Trinajstić information content (AvgIpc) is 3.03. The van der Waals surface area contributed by atoms with Crippen molar-refractivity contribution in [3.8, 4) is 11.3 Å². The molecule has 4 heteroatoms. The smallest absolute Gasteiger partial charge is 0.230 e. The van der Waals surface area contributed by atoms with E-state index < -0.39 is 0 Å². The Bertz CT molecular complexity index is 963. The van der Waals surface area contributed by atoms with Gasteiger partial charge in [-0.3, -0.25) is 0 Å². The number of aryl methyl sites for hydroxylation is 1. The minimum Gasteiger partial charge on any atom is -0.438 e. The number of nitrogens with zero attached hydrogens (tertiary/aromatic N) is 2. The fraction of sp³-hybridized carbons (Fsp3) is 0.0526. The molecule has 0 atom stereocenters. The fourth-order valence-corrected chi connectivity index (χ4v) is 3.37. The maximum Gasteiger partial charge on any atom is 0.230 e. The third-order valence-electron chi connectivity index (χ3n) is 3.65. The number of hydrogen-bond donors (Lipinski definition) is 0. The largest absolute Gasteiger partial charge is 0.438 e. The van der Waals surface area contributed by atoms with Gasteiger partial charge in [-0.1, -0.05) is 60.3 Å². The zero-order valence-corrected chi connectivity index (χ0v) is 13.4. The number of hydrogen-bond acceptors (Lipinski definition) is 4. The minimum atomic E-state index is 0.620. The third-order valence-corrected chi connectivity index (χ3v) is 4.85. The maximum absolute atomic E-state index is 5.90. The van der Waals surface area contributed by atoms with E-state index in [4.69, 9.17) is 4.42 Å². The van der Waals surface area contributed by atoms with Crippen molar-refractivity contribution < 1.29 is 4.42 Å². The van der Waals surface area contributed by atoms with E-state index in [-0.39, 0.29) is 0 Å². The Morgan fingerprint density at radius 3 is 2.52 bits per heavy atom. The number of benzene rings is 2. The first-order chi connectivity index (χ1) is 11.3. The van der Waals surface area contributed by atoms with E-state index in [1.165, 1.54) is 10.5 Å². The molecule has 0 aliphatic heterocycles. The molecule has 0 aliphatic rings. The summed E-state index contributed by atoms with van der Waals surface area (Å²) < 4.78 is 5.90. The van der Waals surface area contributed by atoms with E-state index in [1.807, 2.05) is 48.5 Å². The highest BCUT2D eigenvalue weighted by atomic mass is 32.2. The van der Waals surface area contributed by atoms with Gasteiger partial charge in [0.25, 0.3) is 0 Å². The van der Waals surface area contributed by atoms with E-state index in [2.05, 4.69) is 29.0 Å². The molecule has 2 heterocycles. The Labute approximate surface area is 138 Å². The van der Waals surface area contributed by atoms with Crippen LogP contribution in [0.2, 0.25) is 0 Å². The lowest BCUT2D eigenvalue weighted by molar-refractivity contribution is 0.616. The Hall–Kier alpha value is -2.59. The van der Waals surface area contributed by atoms with Crippen LogP contribution in [0.3, 0.4) is 0 Å². The molecule has 3 nitrogen and oxygen atoms in total. The molecule has 0 unspecified atom stereocenters. The van der Waals surface area contributed by atoms with E-state index >= 15 is 0 Å². The van der Waals surface area contributed by atoms with Gasteiger partial charge in [0, 0.05) is 10.5 Å². The van der Waals surface area contributed by atoms with Gasteiger partial charge in [-0.15, -0.1) is 0 Å². The van der Waals surface area contributed by atoms with Crippen molar-refractivity contribution in [2.24, 2.45) is 0 Å². The highest BCUT2D eigenvalue weighted by Gasteiger charge is 2.13. The van der Waals surface area contributed by atoms with Crippen LogP contribution in [-0.2, 0) is 0 Å². The van der Waals surface area contributed by atoms with E-state index in [0.29, 0.717) is 5.71 Å². The molecule has 2 aromatic carbocycles. The van der Waals surface area contributed by atoms with Gasteiger partial charge in [-0.05, 0) is 24.6 Å². The molecule has 2 aromatic heterocycles. The van der Waals surface area contributed by atoms with Gasteiger partial charge in [0.05, 0.1) is 5.39 Å². The van der Waals surface area contributed by atoms with Crippen molar-refractivity contribution in [3.63, 3.8) is 0 Å². The second-order valence-corrected chi connectivity index (χ2v) is 6.27. The first kappa shape index (κ1) is 14.0. The molecule has 0 bridgehead atoms.